The minimum atomic E-state index is -0.154. The maximum absolute atomic E-state index is 13.5. The highest BCUT2D eigenvalue weighted by atomic mass is 16.1. The molecule has 0 saturated heterocycles. The van der Waals surface area contributed by atoms with Gasteiger partial charge in [-0.25, -0.2) is 9.67 Å². The molecular weight excluding hydrogens is 432 g/mol. The number of rotatable bonds is 5. The Hall–Kier alpha value is -4.25. The summed E-state index contributed by atoms with van der Waals surface area (Å²) in [5.74, 6) is -0.154. The number of hydrogen-bond acceptors (Lipinski definition) is 3. The summed E-state index contributed by atoms with van der Waals surface area (Å²) >= 11 is 0. The summed E-state index contributed by atoms with van der Waals surface area (Å²) < 4.78 is 1.92. The molecule has 5 nitrogen and oxygen atoms in total. The number of amides is 1. The van der Waals surface area contributed by atoms with Crippen molar-refractivity contribution in [2.75, 3.05) is 5.32 Å². The Morgan fingerprint density at radius 3 is 2.49 bits per heavy atom. The molecule has 0 fully saturated rings. The van der Waals surface area contributed by atoms with E-state index in [2.05, 4.69) is 41.6 Å². The number of para-hydroxylation sites is 1. The molecule has 1 amide bonds. The number of hydrogen-bond donors (Lipinski definition) is 1. The first kappa shape index (κ1) is 22.5. The highest BCUT2D eigenvalue weighted by Gasteiger charge is 2.18. The zero-order chi connectivity index (χ0) is 24.5. The summed E-state index contributed by atoms with van der Waals surface area (Å²) in [6, 6.07) is 24.1. The Morgan fingerprint density at radius 1 is 0.943 bits per heavy atom. The van der Waals surface area contributed by atoms with E-state index in [1.54, 1.807) is 0 Å². The van der Waals surface area contributed by atoms with E-state index >= 15 is 0 Å². The van der Waals surface area contributed by atoms with Crippen LogP contribution in [0.5, 0.6) is 0 Å². The summed E-state index contributed by atoms with van der Waals surface area (Å²) in [5.41, 5.74) is 9.18. The van der Waals surface area contributed by atoms with Gasteiger partial charge in [-0.1, -0.05) is 49.4 Å². The smallest absolute Gasteiger partial charge is 0.256 e. The number of benzene rings is 3. The van der Waals surface area contributed by atoms with E-state index in [0.29, 0.717) is 5.56 Å². The lowest BCUT2D eigenvalue weighted by Gasteiger charge is -2.13. The molecule has 0 aliphatic heterocycles. The summed E-state index contributed by atoms with van der Waals surface area (Å²) in [5, 5.41) is 8.56. The Bertz CT molecular complexity index is 1550. The van der Waals surface area contributed by atoms with Crippen LogP contribution in [0.1, 0.15) is 39.7 Å². The lowest BCUT2D eigenvalue weighted by atomic mass is 10.0. The van der Waals surface area contributed by atoms with Gasteiger partial charge in [0.2, 0.25) is 0 Å². The molecule has 5 rings (SSSR count). The number of aromatic nitrogens is 3. The van der Waals surface area contributed by atoms with Crippen molar-refractivity contribution in [1.82, 2.24) is 14.8 Å². The van der Waals surface area contributed by atoms with E-state index in [9.17, 15) is 4.79 Å². The first-order valence-corrected chi connectivity index (χ1v) is 11.9. The van der Waals surface area contributed by atoms with Crippen LogP contribution in [-0.2, 0) is 6.42 Å². The van der Waals surface area contributed by atoms with E-state index in [0.717, 1.165) is 56.8 Å². The third-order valence-corrected chi connectivity index (χ3v) is 6.48. The molecule has 2 heterocycles. The highest BCUT2D eigenvalue weighted by molar-refractivity contribution is 6.13. The Balaban J connectivity index is 1.58. The van der Waals surface area contributed by atoms with Crippen molar-refractivity contribution < 1.29 is 4.79 Å². The van der Waals surface area contributed by atoms with Crippen LogP contribution in [0.2, 0.25) is 0 Å². The first-order chi connectivity index (χ1) is 16.9. The van der Waals surface area contributed by atoms with Crippen LogP contribution in [0, 0.1) is 20.8 Å². The molecule has 1 N–H and O–H groups in total. The largest absolute Gasteiger partial charge is 0.322 e. The van der Waals surface area contributed by atoms with E-state index in [1.165, 1.54) is 5.56 Å². The third-order valence-electron chi connectivity index (χ3n) is 6.48. The predicted molar refractivity (Wildman–Crippen MR) is 142 cm³/mol. The van der Waals surface area contributed by atoms with Gasteiger partial charge in [0.15, 0.2) is 0 Å². The molecule has 3 aromatic carbocycles. The van der Waals surface area contributed by atoms with Crippen LogP contribution in [0.3, 0.4) is 0 Å². The quantitative estimate of drug-likeness (QED) is 0.313. The Labute approximate surface area is 205 Å². The van der Waals surface area contributed by atoms with Crippen molar-refractivity contribution in [3.63, 3.8) is 0 Å². The zero-order valence-electron chi connectivity index (χ0n) is 20.5. The van der Waals surface area contributed by atoms with Crippen LogP contribution in [0.25, 0.3) is 27.8 Å². The molecule has 35 heavy (non-hydrogen) atoms. The van der Waals surface area contributed by atoms with Gasteiger partial charge in [0.25, 0.3) is 5.91 Å². The van der Waals surface area contributed by atoms with Crippen molar-refractivity contribution in [3.05, 3.63) is 107 Å². The van der Waals surface area contributed by atoms with E-state index in [-0.39, 0.29) is 5.91 Å². The lowest BCUT2D eigenvalue weighted by molar-refractivity contribution is 0.102. The lowest BCUT2D eigenvalue weighted by Crippen LogP contribution is -2.14. The number of nitrogens with one attached hydrogen (secondary N) is 1. The molecular formula is C30H28N4O. The van der Waals surface area contributed by atoms with Crippen molar-refractivity contribution in [3.8, 4) is 16.9 Å². The molecule has 0 unspecified atom stereocenters. The fraction of sp³-hybridized carbons (Fsp3) is 0.167. The van der Waals surface area contributed by atoms with Gasteiger partial charge in [-0.2, -0.15) is 5.10 Å². The van der Waals surface area contributed by atoms with E-state index in [1.807, 2.05) is 80.2 Å². The van der Waals surface area contributed by atoms with E-state index < -0.39 is 0 Å². The Morgan fingerprint density at radius 2 is 1.71 bits per heavy atom. The van der Waals surface area contributed by atoms with Crippen molar-refractivity contribution in [2.45, 2.75) is 34.1 Å². The number of aryl methyl sites for hydroxylation is 3. The van der Waals surface area contributed by atoms with Gasteiger partial charge in [-0.05, 0) is 74.2 Å². The van der Waals surface area contributed by atoms with Gasteiger partial charge < -0.3 is 5.32 Å². The fourth-order valence-corrected chi connectivity index (χ4v) is 4.36. The van der Waals surface area contributed by atoms with Crippen molar-refractivity contribution in [2.24, 2.45) is 0 Å². The summed E-state index contributed by atoms with van der Waals surface area (Å²) in [4.78, 5) is 18.4. The van der Waals surface area contributed by atoms with Gasteiger partial charge in [0.05, 0.1) is 34.4 Å². The average Bonchev–Trinajstić information content (AvgIpc) is 3.26. The molecule has 2 aromatic heterocycles. The fourth-order valence-electron chi connectivity index (χ4n) is 4.36. The third kappa shape index (κ3) is 4.33. The minimum Gasteiger partial charge on any atom is -0.322 e. The van der Waals surface area contributed by atoms with Crippen molar-refractivity contribution in [1.29, 1.82) is 0 Å². The maximum Gasteiger partial charge on any atom is 0.256 e. The summed E-state index contributed by atoms with van der Waals surface area (Å²) in [6.45, 7) is 8.19. The van der Waals surface area contributed by atoms with Crippen LogP contribution in [0.15, 0.2) is 79.0 Å². The first-order valence-electron chi connectivity index (χ1n) is 11.9. The number of anilines is 1. The number of nitrogens with zero attached hydrogens (tertiary/aromatic N) is 3. The SMILES string of the molecule is CCc1ccc(-n2ncc(-c3cc(C(=O)Nc4cc(C)ccc4C)c4ccccc4n3)c2C)cc1. The van der Waals surface area contributed by atoms with Gasteiger partial charge >= 0.3 is 0 Å². The average molecular weight is 461 g/mol. The van der Waals surface area contributed by atoms with Crippen LogP contribution < -0.4 is 5.32 Å². The second-order valence-corrected chi connectivity index (χ2v) is 8.92. The standard InChI is InChI=1S/C30H28N4O/c1-5-22-12-14-23(15-13-22)34-21(4)26(18-31-34)29-17-25(24-8-6-7-9-27(24)32-29)30(35)33-28-16-19(2)10-11-20(28)3/h6-18H,5H2,1-4H3,(H,33,35). The molecule has 5 heteroatoms. The molecule has 0 aliphatic carbocycles. The molecule has 0 saturated carbocycles. The van der Waals surface area contributed by atoms with E-state index in [4.69, 9.17) is 4.98 Å². The molecule has 0 radical (unpaired) electrons. The molecule has 0 bridgehead atoms. The monoisotopic (exact) mass is 460 g/mol. The second-order valence-electron chi connectivity index (χ2n) is 8.92. The second kappa shape index (κ2) is 9.18. The molecule has 0 aliphatic rings. The van der Waals surface area contributed by atoms with Crippen LogP contribution in [-0.4, -0.2) is 20.7 Å². The predicted octanol–water partition coefficient (Wildman–Crippen LogP) is 6.83. The molecule has 0 spiro atoms. The van der Waals surface area contributed by atoms with Crippen LogP contribution >= 0.6 is 0 Å². The van der Waals surface area contributed by atoms with Gasteiger partial charge in [0.1, 0.15) is 0 Å². The molecule has 174 valence electrons. The van der Waals surface area contributed by atoms with Gasteiger partial charge in [-0.3, -0.25) is 4.79 Å². The van der Waals surface area contributed by atoms with Crippen LogP contribution in [0.4, 0.5) is 5.69 Å². The molecule has 5 aromatic rings. The topological polar surface area (TPSA) is 59.8 Å². The van der Waals surface area contributed by atoms with Crippen molar-refractivity contribution >= 4 is 22.5 Å². The maximum atomic E-state index is 13.5. The van der Waals surface area contributed by atoms with Gasteiger partial charge in [0, 0.05) is 16.6 Å². The normalized spacial score (nSPS) is 11.1. The molecule has 0 atom stereocenters. The Kier molecular flexibility index (Phi) is 5.91. The number of carbonyl (C=O) groups excluding carboxylic acids is 1. The minimum absolute atomic E-state index is 0.154. The number of pyridine rings is 1. The summed E-state index contributed by atoms with van der Waals surface area (Å²) in [7, 11) is 0. The van der Waals surface area contributed by atoms with Gasteiger partial charge in [-0.15, -0.1) is 0 Å². The number of fused-ring (bicyclic) bond motifs is 1. The summed E-state index contributed by atoms with van der Waals surface area (Å²) in [6.07, 6.45) is 2.82. The highest BCUT2D eigenvalue weighted by Crippen LogP contribution is 2.29. The number of carbonyl (C=O) groups is 1. The zero-order valence-corrected chi connectivity index (χ0v) is 20.5.